The summed E-state index contributed by atoms with van der Waals surface area (Å²) in [6.45, 7) is 10.9. The number of halogens is 1. The summed E-state index contributed by atoms with van der Waals surface area (Å²) in [5.74, 6) is 0.669. The molecule has 0 unspecified atom stereocenters. The van der Waals surface area contributed by atoms with E-state index < -0.39 is 0 Å². The molecule has 0 fully saturated rings. The first-order valence-corrected chi connectivity index (χ1v) is 8.09. The van der Waals surface area contributed by atoms with E-state index in [9.17, 15) is 0 Å². The standard InChI is InChI=1S/C17H29ClN2/c1-6-16(7-2)20(5)17-10-15(18)9-8-14(17)12-19-11-13(3)4/h8-10,13,16,19H,6-7,11-12H2,1-5H3. The minimum atomic E-state index is 0.567. The maximum absolute atomic E-state index is 6.19. The smallest absolute Gasteiger partial charge is 0.0426 e. The molecule has 3 heteroatoms. The molecule has 20 heavy (non-hydrogen) atoms. The zero-order valence-corrected chi connectivity index (χ0v) is 14.3. The van der Waals surface area contributed by atoms with Crippen LogP contribution in [0.2, 0.25) is 5.02 Å². The Morgan fingerprint density at radius 3 is 2.40 bits per heavy atom. The first kappa shape index (κ1) is 17.3. The Labute approximate surface area is 129 Å². The lowest BCUT2D eigenvalue weighted by molar-refractivity contribution is 0.549. The molecule has 0 bridgehead atoms. The van der Waals surface area contributed by atoms with Gasteiger partial charge >= 0.3 is 0 Å². The van der Waals surface area contributed by atoms with Gasteiger partial charge in [0.05, 0.1) is 0 Å². The van der Waals surface area contributed by atoms with Crippen molar-refractivity contribution in [2.45, 2.75) is 53.1 Å². The van der Waals surface area contributed by atoms with Gasteiger partial charge in [-0.25, -0.2) is 0 Å². The van der Waals surface area contributed by atoms with Gasteiger partial charge in [-0.2, -0.15) is 0 Å². The normalized spacial score (nSPS) is 11.4. The topological polar surface area (TPSA) is 15.3 Å². The molecule has 0 aliphatic rings. The van der Waals surface area contributed by atoms with Crippen molar-refractivity contribution in [3.8, 4) is 0 Å². The lowest BCUT2D eigenvalue weighted by atomic mass is 10.1. The van der Waals surface area contributed by atoms with Crippen LogP contribution < -0.4 is 10.2 Å². The predicted octanol–water partition coefficient (Wildman–Crippen LogP) is 4.71. The lowest BCUT2D eigenvalue weighted by Crippen LogP contribution is -2.32. The Bertz CT molecular complexity index is 400. The number of rotatable bonds is 8. The molecule has 1 aromatic carbocycles. The summed E-state index contributed by atoms with van der Waals surface area (Å²) in [6.07, 6.45) is 2.30. The first-order valence-electron chi connectivity index (χ1n) is 7.71. The fourth-order valence-electron chi connectivity index (χ4n) is 2.54. The second-order valence-electron chi connectivity index (χ2n) is 5.88. The summed E-state index contributed by atoms with van der Waals surface area (Å²) in [6, 6.07) is 6.78. The largest absolute Gasteiger partial charge is 0.371 e. The number of hydrogen-bond donors (Lipinski definition) is 1. The fraction of sp³-hybridized carbons (Fsp3) is 0.647. The van der Waals surface area contributed by atoms with Crippen LogP contribution in [0.4, 0.5) is 5.69 Å². The van der Waals surface area contributed by atoms with Crippen molar-refractivity contribution in [2.24, 2.45) is 5.92 Å². The summed E-state index contributed by atoms with van der Waals surface area (Å²) in [4.78, 5) is 2.37. The number of anilines is 1. The van der Waals surface area contributed by atoms with E-state index in [0.717, 1.165) is 31.0 Å². The van der Waals surface area contributed by atoms with E-state index in [4.69, 9.17) is 11.6 Å². The molecule has 0 atom stereocenters. The van der Waals surface area contributed by atoms with Crippen LogP contribution in [0, 0.1) is 5.92 Å². The average molecular weight is 297 g/mol. The van der Waals surface area contributed by atoms with Crippen molar-refractivity contribution in [2.75, 3.05) is 18.5 Å². The molecule has 0 radical (unpaired) electrons. The molecule has 114 valence electrons. The van der Waals surface area contributed by atoms with E-state index >= 15 is 0 Å². The van der Waals surface area contributed by atoms with E-state index in [1.807, 2.05) is 6.07 Å². The van der Waals surface area contributed by atoms with Crippen molar-refractivity contribution in [3.63, 3.8) is 0 Å². The highest BCUT2D eigenvalue weighted by Crippen LogP contribution is 2.27. The molecule has 2 nitrogen and oxygen atoms in total. The van der Waals surface area contributed by atoms with Gasteiger partial charge in [-0.15, -0.1) is 0 Å². The van der Waals surface area contributed by atoms with Crippen LogP contribution in [0.25, 0.3) is 0 Å². The second kappa shape index (κ2) is 8.53. The minimum Gasteiger partial charge on any atom is -0.371 e. The molecule has 0 aliphatic carbocycles. The highest BCUT2D eigenvalue weighted by Gasteiger charge is 2.15. The Hall–Kier alpha value is -0.730. The Morgan fingerprint density at radius 2 is 1.85 bits per heavy atom. The van der Waals surface area contributed by atoms with Gasteiger partial charge in [-0.05, 0) is 43.0 Å². The number of nitrogens with zero attached hydrogens (tertiary/aromatic N) is 1. The predicted molar refractivity (Wildman–Crippen MR) is 90.8 cm³/mol. The van der Waals surface area contributed by atoms with Gasteiger partial charge in [-0.3, -0.25) is 0 Å². The van der Waals surface area contributed by atoms with Crippen molar-refractivity contribution in [3.05, 3.63) is 28.8 Å². The van der Waals surface area contributed by atoms with Crippen LogP contribution >= 0.6 is 11.6 Å². The van der Waals surface area contributed by atoms with Crippen LogP contribution in [-0.2, 0) is 6.54 Å². The number of nitrogens with one attached hydrogen (secondary N) is 1. The Kier molecular flexibility index (Phi) is 7.39. The van der Waals surface area contributed by atoms with Crippen LogP contribution in [0.3, 0.4) is 0 Å². The highest BCUT2D eigenvalue weighted by atomic mass is 35.5. The second-order valence-corrected chi connectivity index (χ2v) is 6.32. The van der Waals surface area contributed by atoms with Gasteiger partial charge < -0.3 is 10.2 Å². The number of benzene rings is 1. The van der Waals surface area contributed by atoms with E-state index in [1.165, 1.54) is 11.3 Å². The third-order valence-electron chi connectivity index (χ3n) is 3.79. The van der Waals surface area contributed by atoms with Gasteiger partial charge in [-0.1, -0.05) is 45.4 Å². The molecular weight excluding hydrogens is 268 g/mol. The molecule has 1 rings (SSSR count). The molecular formula is C17H29ClN2. The Balaban J connectivity index is 2.89. The molecule has 1 N–H and O–H groups in total. The molecule has 0 amide bonds. The van der Waals surface area contributed by atoms with Crippen molar-refractivity contribution in [1.82, 2.24) is 5.32 Å². The lowest BCUT2D eigenvalue weighted by Gasteiger charge is -2.30. The van der Waals surface area contributed by atoms with Crippen molar-refractivity contribution in [1.29, 1.82) is 0 Å². The van der Waals surface area contributed by atoms with E-state index in [2.05, 4.69) is 57.1 Å². The van der Waals surface area contributed by atoms with Crippen molar-refractivity contribution >= 4 is 17.3 Å². The van der Waals surface area contributed by atoms with Gasteiger partial charge in [0, 0.05) is 30.3 Å². The molecule has 0 aliphatic heterocycles. The summed E-state index contributed by atoms with van der Waals surface area (Å²) in [5.41, 5.74) is 2.58. The maximum Gasteiger partial charge on any atom is 0.0426 e. The fourth-order valence-corrected chi connectivity index (χ4v) is 2.71. The molecule has 0 heterocycles. The molecule has 0 aromatic heterocycles. The van der Waals surface area contributed by atoms with Gasteiger partial charge in [0.2, 0.25) is 0 Å². The van der Waals surface area contributed by atoms with E-state index in [-0.39, 0.29) is 0 Å². The molecule has 1 aromatic rings. The SMILES string of the molecule is CCC(CC)N(C)c1cc(Cl)ccc1CNCC(C)C. The highest BCUT2D eigenvalue weighted by molar-refractivity contribution is 6.30. The van der Waals surface area contributed by atoms with Gasteiger partial charge in [0.15, 0.2) is 0 Å². The van der Waals surface area contributed by atoms with E-state index in [0.29, 0.717) is 12.0 Å². The first-order chi connectivity index (χ1) is 9.49. The third-order valence-corrected chi connectivity index (χ3v) is 4.02. The van der Waals surface area contributed by atoms with Crippen LogP contribution in [0.1, 0.15) is 46.1 Å². The zero-order valence-electron chi connectivity index (χ0n) is 13.5. The third kappa shape index (κ3) is 4.99. The van der Waals surface area contributed by atoms with E-state index in [1.54, 1.807) is 0 Å². The number of hydrogen-bond acceptors (Lipinski definition) is 2. The maximum atomic E-state index is 6.19. The average Bonchev–Trinajstić information content (AvgIpc) is 2.41. The zero-order chi connectivity index (χ0) is 15.1. The van der Waals surface area contributed by atoms with Gasteiger partial charge in [0.1, 0.15) is 0 Å². The Morgan fingerprint density at radius 1 is 1.20 bits per heavy atom. The molecule has 0 saturated heterocycles. The van der Waals surface area contributed by atoms with Crippen molar-refractivity contribution < 1.29 is 0 Å². The van der Waals surface area contributed by atoms with Crippen LogP contribution in [0.15, 0.2) is 18.2 Å². The molecule has 0 saturated carbocycles. The molecule has 0 spiro atoms. The monoisotopic (exact) mass is 296 g/mol. The summed E-state index contributed by atoms with van der Waals surface area (Å²) < 4.78 is 0. The quantitative estimate of drug-likeness (QED) is 0.747. The summed E-state index contributed by atoms with van der Waals surface area (Å²) in [7, 11) is 2.18. The summed E-state index contributed by atoms with van der Waals surface area (Å²) in [5, 5.41) is 4.33. The van der Waals surface area contributed by atoms with Crippen LogP contribution in [-0.4, -0.2) is 19.6 Å². The summed E-state index contributed by atoms with van der Waals surface area (Å²) >= 11 is 6.19. The minimum absolute atomic E-state index is 0.567. The van der Waals surface area contributed by atoms with Crippen LogP contribution in [0.5, 0.6) is 0 Å². The van der Waals surface area contributed by atoms with Gasteiger partial charge in [0.25, 0.3) is 0 Å².